The van der Waals surface area contributed by atoms with Gasteiger partial charge in [-0.15, -0.1) is 0 Å². The third-order valence-corrected chi connectivity index (χ3v) is 3.49. The van der Waals surface area contributed by atoms with Crippen LogP contribution < -0.4 is 4.74 Å². The highest BCUT2D eigenvalue weighted by molar-refractivity contribution is 14.1. The first kappa shape index (κ1) is 16.3. The summed E-state index contributed by atoms with van der Waals surface area (Å²) >= 11 is 2.20. The molecule has 22 heavy (non-hydrogen) atoms. The Morgan fingerprint density at radius 2 is 1.50 bits per heavy atom. The van der Waals surface area contributed by atoms with E-state index in [1.54, 1.807) is 0 Å². The zero-order chi connectivity index (χ0) is 15.9. The van der Waals surface area contributed by atoms with E-state index in [0.29, 0.717) is 11.3 Å². The Kier molecular flexibility index (Phi) is 5.76. The Hall–Kier alpha value is -2.09. The van der Waals surface area contributed by atoms with E-state index in [1.807, 2.05) is 24.3 Å². The third kappa shape index (κ3) is 4.73. The number of hydrogen-bond donors (Lipinski definition) is 1. The van der Waals surface area contributed by atoms with E-state index in [0.717, 1.165) is 3.57 Å². The number of benzene rings is 2. The van der Waals surface area contributed by atoms with Crippen LogP contribution in [0.5, 0.6) is 5.75 Å². The van der Waals surface area contributed by atoms with Gasteiger partial charge in [0.1, 0.15) is 19.0 Å². The van der Waals surface area contributed by atoms with Crippen LogP contribution in [0.2, 0.25) is 0 Å². The molecule has 0 aliphatic heterocycles. The van der Waals surface area contributed by atoms with Gasteiger partial charge in [0.05, 0.1) is 11.1 Å². The molecule has 2 rings (SSSR count). The van der Waals surface area contributed by atoms with Gasteiger partial charge in [0.25, 0.3) is 0 Å². The number of rotatable bonds is 6. The van der Waals surface area contributed by atoms with E-state index < -0.39 is 11.9 Å². The van der Waals surface area contributed by atoms with Crippen molar-refractivity contribution in [1.82, 2.24) is 0 Å². The summed E-state index contributed by atoms with van der Waals surface area (Å²) in [5.41, 5.74) is 0.429. The van der Waals surface area contributed by atoms with Crippen LogP contribution in [-0.4, -0.2) is 30.3 Å². The molecule has 0 aromatic heterocycles. The van der Waals surface area contributed by atoms with Gasteiger partial charge >= 0.3 is 11.9 Å². The molecule has 2 aromatic carbocycles. The first-order valence-corrected chi connectivity index (χ1v) is 7.53. The normalized spacial score (nSPS) is 10.0. The zero-order valence-corrected chi connectivity index (χ0v) is 13.6. The molecule has 5 nitrogen and oxygen atoms in total. The molecule has 0 aliphatic carbocycles. The molecular weight excluding hydrogens is 399 g/mol. The van der Waals surface area contributed by atoms with Crippen molar-refractivity contribution in [2.75, 3.05) is 13.2 Å². The fourth-order valence-electron chi connectivity index (χ4n) is 1.66. The quantitative estimate of drug-likeness (QED) is 0.448. The minimum atomic E-state index is -1.04. The van der Waals surface area contributed by atoms with Crippen LogP contribution in [-0.2, 0) is 4.74 Å². The summed E-state index contributed by atoms with van der Waals surface area (Å²) in [5.74, 6) is -0.837. The summed E-state index contributed by atoms with van der Waals surface area (Å²) in [7, 11) is 0. The maximum absolute atomic E-state index is 11.8. The average Bonchev–Trinajstić information content (AvgIpc) is 2.53. The van der Waals surface area contributed by atoms with Crippen molar-refractivity contribution < 1.29 is 24.2 Å². The Morgan fingerprint density at radius 1 is 0.909 bits per heavy atom. The highest BCUT2D eigenvalue weighted by Gasteiger charge is 2.09. The number of carboxylic acids is 1. The van der Waals surface area contributed by atoms with Crippen molar-refractivity contribution in [3.05, 3.63) is 63.2 Å². The molecule has 0 heterocycles. The molecule has 0 aliphatic rings. The fourth-order valence-corrected chi connectivity index (χ4v) is 2.02. The smallest absolute Gasteiger partial charge is 0.338 e. The first-order valence-electron chi connectivity index (χ1n) is 6.45. The van der Waals surface area contributed by atoms with Gasteiger partial charge in [-0.3, -0.25) is 0 Å². The van der Waals surface area contributed by atoms with E-state index in [1.165, 1.54) is 24.3 Å². The van der Waals surface area contributed by atoms with Crippen LogP contribution >= 0.6 is 22.6 Å². The summed E-state index contributed by atoms with van der Waals surface area (Å²) in [5, 5.41) is 8.78. The molecular formula is C16H13IO5. The van der Waals surface area contributed by atoms with Gasteiger partial charge in [-0.25, -0.2) is 9.59 Å². The monoisotopic (exact) mass is 412 g/mol. The first-order chi connectivity index (χ1) is 10.6. The predicted molar refractivity (Wildman–Crippen MR) is 88.3 cm³/mol. The molecule has 0 spiro atoms. The summed E-state index contributed by atoms with van der Waals surface area (Å²) in [4.78, 5) is 22.5. The van der Waals surface area contributed by atoms with Crippen molar-refractivity contribution in [3.8, 4) is 5.75 Å². The molecule has 0 radical (unpaired) electrons. The summed E-state index contributed by atoms with van der Waals surface area (Å²) in [6, 6.07) is 13.1. The Bertz CT molecular complexity index is 649. The molecule has 0 bridgehead atoms. The van der Waals surface area contributed by atoms with Crippen LogP contribution in [0.1, 0.15) is 20.7 Å². The van der Waals surface area contributed by atoms with Gasteiger partial charge in [-0.2, -0.15) is 0 Å². The number of halogens is 1. The fraction of sp³-hybridized carbons (Fsp3) is 0.125. The molecule has 0 saturated heterocycles. The zero-order valence-electron chi connectivity index (χ0n) is 11.5. The number of carbonyl (C=O) groups is 2. The van der Waals surface area contributed by atoms with E-state index in [9.17, 15) is 9.59 Å². The molecule has 0 fully saturated rings. The maximum atomic E-state index is 11.8. The van der Waals surface area contributed by atoms with Crippen molar-refractivity contribution in [3.63, 3.8) is 0 Å². The molecule has 0 unspecified atom stereocenters. The number of hydrogen-bond acceptors (Lipinski definition) is 4. The molecule has 0 amide bonds. The number of esters is 1. The summed E-state index contributed by atoms with van der Waals surface area (Å²) in [6.45, 7) is 0.366. The number of carboxylic acid groups (broad SMARTS) is 1. The Labute approximate surface area is 141 Å². The highest BCUT2D eigenvalue weighted by Crippen LogP contribution is 2.13. The maximum Gasteiger partial charge on any atom is 0.338 e. The lowest BCUT2D eigenvalue weighted by molar-refractivity contribution is 0.0449. The minimum absolute atomic E-state index is 0.117. The topological polar surface area (TPSA) is 72.8 Å². The van der Waals surface area contributed by atoms with Gasteiger partial charge in [0.15, 0.2) is 0 Å². The van der Waals surface area contributed by atoms with Crippen molar-refractivity contribution in [2.24, 2.45) is 0 Å². The Morgan fingerprint density at radius 3 is 2.09 bits per heavy atom. The lowest BCUT2D eigenvalue weighted by atomic mass is 10.1. The molecule has 0 saturated carbocycles. The molecule has 2 aromatic rings. The Balaban J connectivity index is 1.77. The molecule has 1 N–H and O–H groups in total. The van der Waals surface area contributed by atoms with E-state index in [2.05, 4.69) is 22.6 Å². The second-order valence-corrected chi connectivity index (χ2v) is 5.57. The van der Waals surface area contributed by atoms with Crippen LogP contribution in [0, 0.1) is 3.57 Å². The molecule has 6 heteroatoms. The molecule has 114 valence electrons. The standard InChI is InChI=1S/C16H13IO5/c17-13-5-7-14(8-6-13)21-9-10-22-16(20)12-3-1-11(2-4-12)15(18)19/h1-8H,9-10H2,(H,18,19). The van der Waals surface area contributed by atoms with Crippen molar-refractivity contribution in [2.45, 2.75) is 0 Å². The second kappa shape index (κ2) is 7.79. The van der Waals surface area contributed by atoms with Gasteiger partial charge in [0, 0.05) is 3.57 Å². The van der Waals surface area contributed by atoms with Crippen molar-refractivity contribution in [1.29, 1.82) is 0 Å². The summed E-state index contributed by atoms with van der Waals surface area (Å²) < 4.78 is 11.6. The van der Waals surface area contributed by atoms with E-state index in [4.69, 9.17) is 14.6 Å². The highest BCUT2D eigenvalue weighted by atomic mass is 127. The lowest BCUT2D eigenvalue weighted by Crippen LogP contribution is -2.12. The van der Waals surface area contributed by atoms with Crippen LogP contribution in [0.15, 0.2) is 48.5 Å². The third-order valence-electron chi connectivity index (χ3n) is 2.77. The number of ether oxygens (including phenoxy) is 2. The van der Waals surface area contributed by atoms with Crippen molar-refractivity contribution >= 4 is 34.5 Å². The summed E-state index contributed by atoms with van der Waals surface area (Å²) in [6.07, 6.45) is 0. The van der Waals surface area contributed by atoms with E-state index >= 15 is 0 Å². The SMILES string of the molecule is O=C(O)c1ccc(C(=O)OCCOc2ccc(I)cc2)cc1. The molecule has 0 atom stereocenters. The van der Waals surface area contributed by atoms with E-state index in [-0.39, 0.29) is 18.8 Å². The van der Waals surface area contributed by atoms with Crippen LogP contribution in [0.4, 0.5) is 0 Å². The number of carbonyl (C=O) groups excluding carboxylic acids is 1. The largest absolute Gasteiger partial charge is 0.490 e. The average molecular weight is 412 g/mol. The minimum Gasteiger partial charge on any atom is -0.490 e. The predicted octanol–water partition coefficient (Wildman–Crippen LogP) is 3.23. The van der Waals surface area contributed by atoms with Crippen LogP contribution in [0.25, 0.3) is 0 Å². The second-order valence-electron chi connectivity index (χ2n) is 4.32. The van der Waals surface area contributed by atoms with Gasteiger partial charge < -0.3 is 14.6 Å². The van der Waals surface area contributed by atoms with Gasteiger partial charge in [0.2, 0.25) is 0 Å². The van der Waals surface area contributed by atoms with Crippen LogP contribution in [0.3, 0.4) is 0 Å². The van der Waals surface area contributed by atoms with Gasteiger partial charge in [-0.1, -0.05) is 0 Å². The van der Waals surface area contributed by atoms with Gasteiger partial charge in [-0.05, 0) is 71.1 Å². The lowest BCUT2D eigenvalue weighted by Gasteiger charge is -2.07. The number of aromatic carboxylic acids is 1.